The van der Waals surface area contributed by atoms with Crippen molar-refractivity contribution < 1.29 is 4.79 Å². The van der Waals surface area contributed by atoms with E-state index in [9.17, 15) is 4.79 Å². The molecule has 5 nitrogen and oxygen atoms in total. The van der Waals surface area contributed by atoms with Gasteiger partial charge in [0.2, 0.25) is 0 Å². The molecule has 0 aliphatic carbocycles. The van der Waals surface area contributed by atoms with E-state index in [-0.39, 0.29) is 5.91 Å². The fraction of sp³-hybridized carbons (Fsp3) is 0.250. The van der Waals surface area contributed by atoms with Crippen LogP contribution in [-0.4, -0.2) is 27.2 Å². The average molecular weight is 334 g/mol. The topological polar surface area (TPSA) is 59.8 Å². The van der Waals surface area contributed by atoms with Crippen LogP contribution < -0.4 is 5.32 Å². The third-order valence-electron chi connectivity index (χ3n) is 4.31. The van der Waals surface area contributed by atoms with Gasteiger partial charge < -0.3 is 5.32 Å². The number of rotatable bonds is 5. The number of aryl methyl sites for hydroxylation is 3. The lowest BCUT2D eigenvalue weighted by molar-refractivity contribution is 0.0944. The Morgan fingerprint density at radius 3 is 2.68 bits per heavy atom. The van der Waals surface area contributed by atoms with Crippen LogP contribution in [0.4, 0.5) is 0 Å². The Kier molecular flexibility index (Phi) is 4.93. The van der Waals surface area contributed by atoms with Crippen LogP contribution in [0.1, 0.15) is 27.3 Å². The van der Waals surface area contributed by atoms with E-state index in [1.807, 2.05) is 30.3 Å². The Morgan fingerprint density at radius 1 is 1.12 bits per heavy atom. The van der Waals surface area contributed by atoms with Crippen LogP contribution in [0.15, 0.2) is 48.7 Å². The summed E-state index contributed by atoms with van der Waals surface area (Å²) in [5, 5.41) is 7.42. The van der Waals surface area contributed by atoms with Crippen LogP contribution in [0.3, 0.4) is 0 Å². The van der Waals surface area contributed by atoms with Gasteiger partial charge in [-0.3, -0.25) is 14.5 Å². The van der Waals surface area contributed by atoms with Gasteiger partial charge in [-0.2, -0.15) is 5.10 Å². The lowest BCUT2D eigenvalue weighted by Gasteiger charge is -2.04. The minimum Gasteiger partial charge on any atom is -0.350 e. The Morgan fingerprint density at radius 2 is 1.96 bits per heavy atom. The maximum atomic E-state index is 12.4. The predicted octanol–water partition coefficient (Wildman–Crippen LogP) is 3.07. The van der Waals surface area contributed by atoms with Gasteiger partial charge in [-0.05, 0) is 49.2 Å². The minimum absolute atomic E-state index is 0.124. The van der Waals surface area contributed by atoms with Gasteiger partial charge in [0.05, 0.1) is 5.69 Å². The van der Waals surface area contributed by atoms with Gasteiger partial charge in [-0.25, -0.2) is 0 Å². The second kappa shape index (κ2) is 7.30. The molecular weight excluding hydrogens is 312 g/mol. The molecule has 1 aromatic carbocycles. The normalized spacial score (nSPS) is 10.7. The van der Waals surface area contributed by atoms with E-state index in [4.69, 9.17) is 0 Å². The highest BCUT2D eigenvalue weighted by Crippen LogP contribution is 2.21. The molecule has 0 saturated carbocycles. The molecule has 0 radical (unpaired) electrons. The summed E-state index contributed by atoms with van der Waals surface area (Å²) in [6, 6.07) is 13.8. The van der Waals surface area contributed by atoms with Crippen LogP contribution in [0.5, 0.6) is 0 Å². The summed E-state index contributed by atoms with van der Waals surface area (Å²) in [6.45, 7) is 4.70. The van der Waals surface area contributed by atoms with Crippen LogP contribution >= 0.6 is 0 Å². The lowest BCUT2D eigenvalue weighted by Crippen LogP contribution is -2.27. The first-order valence-corrected chi connectivity index (χ1v) is 8.34. The summed E-state index contributed by atoms with van der Waals surface area (Å²) < 4.78 is 1.63. The van der Waals surface area contributed by atoms with Crippen molar-refractivity contribution in [2.45, 2.75) is 20.3 Å². The predicted molar refractivity (Wildman–Crippen MR) is 98.4 cm³/mol. The molecule has 2 heterocycles. The van der Waals surface area contributed by atoms with Crippen molar-refractivity contribution in [1.29, 1.82) is 0 Å². The maximum absolute atomic E-state index is 12.4. The zero-order valence-corrected chi connectivity index (χ0v) is 14.8. The Balaban J connectivity index is 1.69. The molecule has 128 valence electrons. The summed E-state index contributed by atoms with van der Waals surface area (Å²) in [5.41, 5.74) is 5.79. The zero-order chi connectivity index (χ0) is 17.8. The summed E-state index contributed by atoms with van der Waals surface area (Å²) in [6.07, 6.45) is 2.46. The number of nitrogens with one attached hydrogen (secondary N) is 1. The summed E-state index contributed by atoms with van der Waals surface area (Å²) in [5.74, 6) is -0.124. The molecule has 1 amide bonds. The highest BCUT2D eigenvalue weighted by molar-refractivity contribution is 5.93. The highest BCUT2D eigenvalue weighted by Gasteiger charge is 2.14. The van der Waals surface area contributed by atoms with E-state index >= 15 is 0 Å². The number of carbonyl (C=O) groups is 1. The molecule has 3 rings (SSSR count). The maximum Gasteiger partial charge on any atom is 0.269 e. The number of benzene rings is 1. The van der Waals surface area contributed by atoms with Crippen molar-refractivity contribution >= 4 is 5.91 Å². The number of amides is 1. The Hall–Kier alpha value is -2.95. The van der Waals surface area contributed by atoms with Gasteiger partial charge in [0, 0.05) is 37.5 Å². The SMILES string of the molecule is Cc1ccc(-c2cc(C(=O)NCCc3ccccn3)n(C)n2)cc1C. The van der Waals surface area contributed by atoms with E-state index in [0.717, 1.165) is 17.0 Å². The molecule has 0 fully saturated rings. The minimum atomic E-state index is -0.124. The molecule has 3 aromatic rings. The molecular formula is C20H22N4O. The fourth-order valence-electron chi connectivity index (χ4n) is 2.66. The van der Waals surface area contributed by atoms with Crippen molar-refractivity contribution in [1.82, 2.24) is 20.1 Å². The van der Waals surface area contributed by atoms with E-state index in [0.29, 0.717) is 18.7 Å². The number of aromatic nitrogens is 3. The van der Waals surface area contributed by atoms with E-state index in [2.05, 4.69) is 41.4 Å². The smallest absolute Gasteiger partial charge is 0.269 e. The van der Waals surface area contributed by atoms with Gasteiger partial charge in [0.1, 0.15) is 5.69 Å². The third kappa shape index (κ3) is 3.94. The first-order valence-electron chi connectivity index (χ1n) is 8.34. The molecule has 0 aliphatic rings. The summed E-state index contributed by atoms with van der Waals surface area (Å²) in [7, 11) is 1.79. The number of hydrogen-bond donors (Lipinski definition) is 1. The van der Waals surface area contributed by atoms with Crippen LogP contribution in [0.25, 0.3) is 11.3 Å². The summed E-state index contributed by atoms with van der Waals surface area (Å²) in [4.78, 5) is 16.7. The molecule has 0 spiro atoms. The summed E-state index contributed by atoms with van der Waals surface area (Å²) >= 11 is 0. The third-order valence-corrected chi connectivity index (χ3v) is 4.31. The first kappa shape index (κ1) is 16.9. The van der Waals surface area contributed by atoms with Gasteiger partial charge in [0.15, 0.2) is 0 Å². The van der Waals surface area contributed by atoms with Crippen molar-refractivity contribution in [3.63, 3.8) is 0 Å². The number of hydrogen-bond acceptors (Lipinski definition) is 3. The quantitative estimate of drug-likeness (QED) is 0.780. The number of nitrogens with zero attached hydrogens (tertiary/aromatic N) is 3. The fourth-order valence-corrected chi connectivity index (χ4v) is 2.66. The molecule has 0 bridgehead atoms. The highest BCUT2D eigenvalue weighted by atomic mass is 16.2. The molecule has 0 aliphatic heterocycles. The molecule has 1 N–H and O–H groups in total. The van der Waals surface area contributed by atoms with Crippen LogP contribution in [0, 0.1) is 13.8 Å². The Labute approximate surface area is 147 Å². The van der Waals surface area contributed by atoms with Crippen LogP contribution in [0.2, 0.25) is 0 Å². The average Bonchev–Trinajstić information content (AvgIpc) is 3.00. The lowest BCUT2D eigenvalue weighted by atomic mass is 10.0. The van der Waals surface area contributed by atoms with E-state index in [1.165, 1.54) is 11.1 Å². The van der Waals surface area contributed by atoms with Gasteiger partial charge in [-0.1, -0.05) is 18.2 Å². The standard InChI is InChI=1S/C20H22N4O/c1-14-7-8-16(12-15(14)2)18-13-19(24(3)23-18)20(25)22-11-9-17-6-4-5-10-21-17/h4-8,10,12-13H,9,11H2,1-3H3,(H,22,25). The molecule has 0 saturated heterocycles. The van der Waals surface area contributed by atoms with Crippen molar-refractivity contribution in [2.24, 2.45) is 7.05 Å². The largest absolute Gasteiger partial charge is 0.350 e. The van der Waals surface area contributed by atoms with Gasteiger partial charge in [-0.15, -0.1) is 0 Å². The zero-order valence-electron chi connectivity index (χ0n) is 14.8. The van der Waals surface area contributed by atoms with Crippen molar-refractivity contribution in [3.8, 4) is 11.3 Å². The molecule has 0 unspecified atom stereocenters. The van der Waals surface area contributed by atoms with E-state index < -0.39 is 0 Å². The Bertz CT molecular complexity index is 884. The van der Waals surface area contributed by atoms with Crippen molar-refractivity contribution in [2.75, 3.05) is 6.54 Å². The number of pyridine rings is 1. The van der Waals surface area contributed by atoms with Gasteiger partial charge >= 0.3 is 0 Å². The molecule has 25 heavy (non-hydrogen) atoms. The van der Waals surface area contributed by atoms with Gasteiger partial charge in [0.25, 0.3) is 5.91 Å². The first-order chi connectivity index (χ1) is 12.0. The monoisotopic (exact) mass is 334 g/mol. The molecule has 2 aromatic heterocycles. The molecule has 5 heteroatoms. The van der Waals surface area contributed by atoms with Crippen LogP contribution in [-0.2, 0) is 13.5 Å². The van der Waals surface area contributed by atoms with E-state index in [1.54, 1.807) is 17.9 Å². The second-order valence-corrected chi connectivity index (χ2v) is 6.16. The second-order valence-electron chi connectivity index (χ2n) is 6.16. The molecule has 0 atom stereocenters. The number of carbonyl (C=O) groups excluding carboxylic acids is 1. The van der Waals surface area contributed by atoms with Crippen molar-refractivity contribution in [3.05, 3.63) is 71.2 Å².